The van der Waals surface area contributed by atoms with E-state index in [-0.39, 0.29) is 30.1 Å². The molecule has 0 bridgehead atoms. The van der Waals surface area contributed by atoms with Crippen LogP contribution in [0, 0.1) is 13.8 Å². The van der Waals surface area contributed by atoms with Crippen molar-refractivity contribution in [2.45, 2.75) is 33.2 Å². The summed E-state index contributed by atoms with van der Waals surface area (Å²) in [7, 11) is 0. The van der Waals surface area contributed by atoms with E-state index in [0.29, 0.717) is 29.9 Å². The number of benzene rings is 1. The number of ketones is 1. The number of rotatable bonds is 7. The van der Waals surface area contributed by atoms with Crippen molar-refractivity contribution in [3.63, 3.8) is 0 Å². The van der Waals surface area contributed by atoms with E-state index in [4.69, 9.17) is 0 Å². The van der Waals surface area contributed by atoms with Crippen molar-refractivity contribution in [2.24, 2.45) is 0 Å². The summed E-state index contributed by atoms with van der Waals surface area (Å²) in [6.07, 6.45) is 1.78. The van der Waals surface area contributed by atoms with Crippen molar-refractivity contribution >= 4 is 11.7 Å². The summed E-state index contributed by atoms with van der Waals surface area (Å²) < 4.78 is 1.47. The Morgan fingerprint density at radius 2 is 1.83 bits per heavy atom. The first-order valence-corrected chi connectivity index (χ1v) is 7.86. The van der Waals surface area contributed by atoms with Crippen LogP contribution in [0.2, 0.25) is 0 Å². The Kier molecular flexibility index (Phi) is 6.01. The van der Waals surface area contributed by atoms with Crippen LogP contribution in [0.5, 0.6) is 0 Å². The second-order valence-electron chi connectivity index (χ2n) is 5.59. The third-order valence-corrected chi connectivity index (χ3v) is 3.86. The van der Waals surface area contributed by atoms with Gasteiger partial charge in [0.25, 0.3) is 5.56 Å². The topological polar surface area (TPSA) is 81.1 Å². The number of aryl methyl sites for hydroxylation is 1. The number of aromatic nitrogens is 2. The van der Waals surface area contributed by atoms with Gasteiger partial charge in [0.2, 0.25) is 5.91 Å². The lowest BCUT2D eigenvalue weighted by Crippen LogP contribution is -2.32. The van der Waals surface area contributed by atoms with Gasteiger partial charge in [0.1, 0.15) is 0 Å². The molecule has 0 unspecified atom stereocenters. The molecule has 0 atom stereocenters. The predicted octanol–water partition coefficient (Wildman–Crippen LogP) is 1.64. The summed E-state index contributed by atoms with van der Waals surface area (Å²) in [5.41, 5.74) is 1.83. The number of amides is 1. The smallest absolute Gasteiger partial charge is 0.256 e. The zero-order valence-electron chi connectivity index (χ0n) is 13.9. The lowest BCUT2D eigenvalue weighted by molar-refractivity contribution is -0.121. The summed E-state index contributed by atoms with van der Waals surface area (Å²) >= 11 is 0. The van der Waals surface area contributed by atoms with Crippen LogP contribution in [-0.4, -0.2) is 27.8 Å². The van der Waals surface area contributed by atoms with Crippen LogP contribution < -0.4 is 10.9 Å². The number of Topliss-reactive ketones (excluding diaryl/α,β-unsaturated/α-hetero) is 1. The van der Waals surface area contributed by atoms with E-state index in [0.717, 1.165) is 0 Å². The lowest BCUT2D eigenvalue weighted by Gasteiger charge is -2.09. The fraction of sp³-hybridized carbons (Fsp3) is 0.333. The highest BCUT2D eigenvalue weighted by atomic mass is 16.2. The molecule has 0 saturated heterocycles. The number of nitrogens with zero attached hydrogens (tertiary/aromatic N) is 2. The highest BCUT2D eigenvalue weighted by molar-refractivity contribution is 5.97. The standard InChI is InChI=1S/C18H21N3O3/c1-13-14(2)20-12-21(18(13)24)11-10-19-17(23)9-8-16(22)15-6-4-3-5-7-15/h3-7,12H,8-11H2,1-2H3,(H,19,23). The highest BCUT2D eigenvalue weighted by Crippen LogP contribution is 2.04. The number of nitrogens with one attached hydrogen (secondary N) is 1. The van der Waals surface area contributed by atoms with Crippen LogP contribution in [0.15, 0.2) is 41.5 Å². The molecule has 1 amide bonds. The van der Waals surface area contributed by atoms with Gasteiger partial charge in [-0.25, -0.2) is 4.98 Å². The van der Waals surface area contributed by atoms with Gasteiger partial charge in [0, 0.05) is 42.8 Å². The van der Waals surface area contributed by atoms with Gasteiger partial charge in [-0.3, -0.25) is 19.0 Å². The average Bonchev–Trinajstić information content (AvgIpc) is 2.60. The molecule has 0 aliphatic rings. The van der Waals surface area contributed by atoms with E-state index < -0.39 is 0 Å². The molecule has 0 fully saturated rings. The fourth-order valence-electron chi connectivity index (χ4n) is 2.23. The monoisotopic (exact) mass is 327 g/mol. The van der Waals surface area contributed by atoms with Crippen LogP contribution in [0.4, 0.5) is 0 Å². The second-order valence-corrected chi connectivity index (χ2v) is 5.59. The predicted molar refractivity (Wildman–Crippen MR) is 91.0 cm³/mol. The van der Waals surface area contributed by atoms with E-state index in [9.17, 15) is 14.4 Å². The molecule has 24 heavy (non-hydrogen) atoms. The van der Waals surface area contributed by atoms with Crippen molar-refractivity contribution < 1.29 is 9.59 Å². The number of hydrogen-bond acceptors (Lipinski definition) is 4. The minimum atomic E-state index is -0.205. The average molecular weight is 327 g/mol. The van der Waals surface area contributed by atoms with Gasteiger partial charge in [-0.1, -0.05) is 30.3 Å². The molecule has 0 saturated carbocycles. The minimum absolute atomic E-state index is 0.0553. The van der Waals surface area contributed by atoms with Gasteiger partial charge in [0.05, 0.1) is 6.33 Å². The Labute approximate surface area is 140 Å². The Morgan fingerprint density at radius 1 is 1.12 bits per heavy atom. The van der Waals surface area contributed by atoms with Crippen molar-refractivity contribution in [3.05, 3.63) is 63.8 Å². The zero-order chi connectivity index (χ0) is 17.5. The van der Waals surface area contributed by atoms with Crippen LogP contribution in [-0.2, 0) is 11.3 Å². The van der Waals surface area contributed by atoms with E-state index in [2.05, 4.69) is 10.3 Å². The number of carbonyl (C=O) groups is 2. The van der Waals surface area contributed by atoms with Gasteiger partial charge in [-0.05, 0) is 13.8 Å². The maximum absolute atomic E-state index is 12.0. The molecule has 126 valence electrons. The van der Waals surface area contributed by atoms with Crippen molar-refractivity contribution in [1.29, 1.82) is 0 Å². The molecule has 6 nitrogen and oxygen atoms in total. The molecule has 0 aliphatic heterocycles. The maximum atomic E-state index is 12.0. The van der Waals surface area contributed by atoms with E-state index in [1.165, 1.54) is 10.9 Å². The Hall–Kier alpha value is -2.76. The summed E-state index contributed by atoms with van der Waals surface area (Å²) in [5.74, 6) is -0.260. The van der Waals surface area contributed by atoms with Crippen molar-refractivity contribution in [2.75, 3.05) is 6.54 Å². The molecular formula is C18H21N3O3. The van der Waals surface area contributed by atoms with Crippen LogP contribution in [0.25, 0.3) is 0 Å². The van der Waals surface area contributed by atoms with Crippen molar-refractivity contribution in [3.8, 4) is 0 Å². The van der Waals surface area contributed by atoms with Gasteiger partial charge in [-0.2, -0.15) is 0 Å². The first-order valence-electron chi connectivity index (χ1n) is 7.86. The Morgan fingerprint density at radius 3 is 2.54 bits per heavy atom. The molecule has 1 N–H and O–H groups in total. The van der Waals surface area contributed by atoms with E-state index in [1.54, 1.807) is 38.1 Å². The maximum Gasteiger partial charge on any atom is 0.256 e. The third-order valence-electron chi connectivity index (χ3n) is 3.86. The summed E-state index contributed by atoms with van der Waals surface area (Å²) in [6.45, 7) is 4.19. The quantitative estimate of drug-likeness (QED) is 0.784. The normalized spacial score (nSPS) is 10.4. The number of carbonyl (C=O) groups excluding carboxylic acids is 2. The summed E-state index contributed by atoms with van der Waals surface area (Å²) in [6, 6.07) is 8.90. The van der Waals surface area contributed by atoms with Crippen LogP contribution in [0.3, 0.4) is 0 Å². The highest BCUT2D eigenvalue weighted by Gasteiger charge is 2.09. The van der Waals surface area contributed by atoms with Crippen LogP contribution in [0.1, 0.15) is 34.5 Å². The van der Waals surface area contributed by atoms with Gasteiger partial charge in [0.15, 0.2) is 5.78 Å². The molecular weight excluding hydrogens is 306 g/mol. The van der Waals surface area contributed by atoms with Gasteiger partial charge < -0.3 is 5.32 Å². The molecule has 1 heterocycles. The minimum Gasteiger partial charge on any atom is -0.354 e. The lowest BCUT2D eigenvalue weighted by atomic mass is 10.1. The molecule has 6 heteroatoms. The molecule has 2 rings (SSSR count). The SMILES string of the molecule is Cc1ncn(CCNC(=O)CCC(=O)c2ccccc2)c(=O)c1C. The van der Waals surface area contributed by atoms with E-state index in [1.807, 2.05) is 6.07 Å². The molecule has 1 aromatic heterocycles. The summed E-state index contributed by atoms with van der Waals surface area (Å²) in [4.78, 5) is 39.9. The van der Waals surface area contributed by atoms with E-state index >= 15 is 0 Å². The van der Waals surface area contributed by atoms with Crippen molar-refractivity contribution in [1.82, 2.24) is 14.9 Å². The first kappa shape index (κ1) is 17.6. The summed E-state index contributed by atoms with van der Waals surface area (Å²) in [5, 5.41) is 2.72. The number of hydrogen-bond donors (Lipinski definition) is 1. The molecule has 1 aromatic carbocycles. The Bertz CT molecular complexity index is 782. The van der Waals surface area contributed by atoms with Gasteiger partial charge in [-0.15, -0.1) is 0 Å². The second kappa shape index (κ2) is 8.19. The zero-order valence-corrected chi connectivity index (χ0v) is 13.9. The first-order chi connectivity index (χ1) is 11.5. The Balaban J connectivity index is 1.77. The largest absolute Gasteiger partial charge is 0.354 e. The van der Waals surface area contributed by atoms with Gasteiger partial charge >= 0.3 is 0 Å². The third kappa shape index (κ3) is 4.62. The molecule has 0 radical (unpaired) electrons. The molecule has 0 aliphatic carbocycles. The van der Waals surface area contributed by atoms with Crippen LogP contribution >= 0.6 is 0 Å². The fourth-order valence-corrected chi connectivity index (χ4v) is 2.23. The molecule has 0 spiro atoms. The molecule has 2 aromatic rings.